The number of aliphatic carboxylic acids is 1. The highest BCUT2D eigenvalue weighted by molar-refractivity contribution is 7.89. The number of para-hydroxylation sites is 1. The second-order valence-electron chi connectivity index (χ2n) is 5.26. The molecule has 0 saturated heterocycles. The lowest BCUT2D eigenvalue weighted by Gasteiger charge is -2.25. The van der Waals surface area contributed by atoms with Crippen LogP contribution in [0.1, 0.15) is 12.5 Å². The van der Waals surface area contributed by atoms with E-state index in [1.165, 1.54) is 55.5 Å². The van der Waals surface area contributed by atoms with Crippen LogP contribution in [0.25, 0.3) is 0 Å². The minimum absolute atomic E-state index is 0.0818. The molecule has 132 valence electrons. The summed E-state index contributed by atoms with van der Waals surface area (Å²) >= 11 is 0. The van der Waals surface area contributed by atoms with Crippen molar-refractivity contribution in [2.24, 2.45) is 0 Å². The van der Waals surface area contributed by atoms with Crippen molar-refractivity contribution in [2.45, 2.75) is 24.4 Å². The molecule has 0 aliphatic rings. The van der Waals surface area contributed by atoms with Gasteiger partial charge in [-0.15, -0.1) is 0 Å². The fourth-order valence-corrected chi connectivity index (χ4v) is 3.86. The second-order valence-corrected chi connectivity index (χ2v) is 7.15. The van der Waals surface area contributed by atoms with Crippen LogP contribution in [0.2, 0.25) is 0 Å². The molecule has 0 unspecified atom stereocenters. The summed E-state index contributed by atoms with van der Waals surface area (Å²) < 4.78 is 26.5. The van der Waals surface area contributed by atoms with Gasteiger partial charge in [-0.1, -0.05) is 36.4 Å². The zero-order chi connectivity index (χ0) is 18.6. The Balaban J connectivity index is 2.52. The predicted molar refractivity (Wildman–Crippen MR) is 89.4 cm³/mol. The molecule has 0 aromatic heterocycles. The van der Waals surface area contributed by atoms with E-state index in [1.54, 1.807) is 6.07 Å². The highest BCUT2D eigenvalue weighted by atomic mass is 32.2. The number of nitro benzene ring substituents is 1. The van der Waals surface area contributed by atoms with Crippen molar-refractivity contribution < 1.29 is 23.2 Å². The molecule has 0 spiro atoms. The number of benzene rings is 2. The van der Waals surface area contributed by atoms with Crippen molar-refractivity contribution >= 4 is 21.7 Å². The first-order chi connectivity index (χ1) is 11.7. The first kappa shape index (κ1) is 18.6. The third-order valence-electron chi connectivity index (χ3n) is 3.65. The Labute approximate surface area is 144 Å². The SMILES string of the molecule is C[C@@H](C(=O)O)N(Cc1ccccc1[N+](=O)[O-])S(=O)(=O)c1ccccc1. The molecular weight excluding hydrogens is 348 g/mol. The fraction of sp³-hybridized carbons (Fsp3) is 0.188. The van der Waals surface area contributed by atoms with Gasteiger partial charge in [-0.3, -0.25) is 14.9 Å². The minimum atomic E-state index is -4.16. The molecule has 1 N–H and O–H groups in total. The van der Waals surface area contributed by atoms with Crippen LogP contribution in [0.4, 0.5) is 5.69 Å². The lowest BCUT2D eigenvalue weighted by molar-refractivity contribution is -0.385. The van der Waals surface area contributed by atoms with Gasteiger partial charge < -0.3 is 5.11 Å². The third kappa shape index (κ3) is 4.01. The van der Waals surface area contributed by atoms with Gasteiger partial charge in [0.25, 0.3) is 5.69 Å². The Morgan fingerprint density at radius 3 is 2.28 bits per heavy atom. The summed E-state index contributed by atoms with van der Waals surface area (Å²) in [6.07, 6.45) is 0. The molecule has 25 heavy (non-hydrogen) atoms. The average molecular weight is 364 g/mol. The number of rotatable bonds is 7. The minimum Gasteiger partial charge on any atom is -0.480 e. The summed E-state index contributed by atoms with van der Waals surface area (Å²) in [5, 5.41) is 20.4. The molecule has 0 aliphatic heterocycles. The molecule has 0 bridgehead atoms. The number of carboxylic acid groups (broad SMARTS) is 1. The number of sulfonamides is 1. The summed E-state index contributed by atoms with van der Waals surface area (Å²) in [5.41, 5.74) is -0.159. The molecule has 2 aromatic carbocycles. The van der Waals surface area contributed by atoms with Gasteiger partial charge >= 0.3 is 5.97 Å². The van der Waals surface area contributed by atoms with Crippen LogP contribution in [-0.2, 0) is 21.4 Å². The lowest BCUT2D eigenvalue weighted by Crippen LogP contribution is -2.42. The molecular formula is C16H16N2O6S. The quantitative estimate of drug-likeness (QED) is 0.595. The van der Waals surface area contributed by atoms with E-state index >= 15 is 0 Å². The van der Waals surface area contributed by atoms with E-state index < -0.39 is 33.5 Å². The number of carboxylic acids is 1. The summed E-state index contributed by atoms with van der Waals surface area (Å²) in [7, 11) is -4.16. The maximum absolute atomic E-state index is 12.9. The smallest absolute Gasteiger partial charge is 0.321 e. The second kappa shape index (κ2) is 7.41. The molecule has 2 aromatic rings. The molecule has 1 atom stereocenters. The Morgan fingerprint density at radius 2 is 1.72 bits per heavy atom. The van der Waals surface area contributed by atoms with Crippen LogP contribution < -0.4 is 0 Å². The summed E-state index contributed by atoms with van der Waals surface area (Å²) in [6.45, 7) is 0.791. The maximum Gasteiger partial charge on any atom is 0.321 e. The predicted octanol–water partition coefficient (Wildman–Crippen LogP) is 2.26. The summed E-state index contributed by atoms with van der Waals surface area (Å²) in [4.78, 5) is 21.8. The standard InChI is InChI=1S/C16H16N2O6S/c1-12(16(19)20)17(25(23,24)14-8-3-2-4-9-14)11-13-7-5-6-10-15(13)18(21)22/h2-10,12H,11H2,1H3,(H,19,20)/t12-/m0/s1. The van der Waals surface area contributed by atoms with Gasteiger partial charge in [0.1, 0.15) is 6.04 Å². The van der Waals surface area contributed by atoms with Gasteiger partial charge in [0, 0.05) is 18.2 Å². The zero-order valence-corrected chi connectivity index (χ0v) is 14.1. The fourth-order valence-electron chi connectivity index (χ4n) is 2.27. The van der Waals surface area contributed by atoms with Crippen molar-refractivity contribution in [2.75, 3.05) is 0 Å². The Morgan fingerprint density at radius 1 is 1.16 bits per heavy atom. The van der Waals surface area contributed by atoms with Crippen LogP contribution in [0.3, 0.4) is 0 Å². The van der Waals surface area contributed by atoms with Crippen LogP contribution in [-0.4, -0.2) is 34.8 Å². The van der Waals surface area contributed by atoms with Crippen molar-refractivity contribution in [1.82, 2.24) is 4.31 Å². The van der Waals surface area contributed by atoms with Crippen LogP contribution in [0.15, 0.2) is 59.5 Å². The van der Waals surface area contributed by atoms with Crippen LogP contribution >= 0.6 is 0 Å². The van der Waals surface area contributed by atoms with Gasteiger partial charge in [0.2, 0.25) is 10.0 Å². The molecule has 9 heteroatoms. The number of hydrogen-bond donors (Lipinski definition) is 1. The molecule has 0 heterocycles. The first-order valence-electron chi connectivity index (χ1n) is 7.27. The number of carbonyl (C=O) groups is 1. The summed E-state index contributed by atoms with van der Waals surface area (Å²) in [6, 6.07) is 11.6. The Bertz CT molecular complexity index is 883. The lowest BCUT2D eigenvalue weighted by atomic mass is 10.1. The van der Waals surface area contributed by atoms with Gasteiger partial charge in [-0.2, -0.15) is 4.31 Å². The maximum atomic E-state index is 12.9. The van der Waals surface area contributed by atoms with Crippen molar-refractivity contribution in [3.8, 4) is 0 Å². The number of nitro groups is 1. The van der Waals surface area contributed by atoms with Crippen LogP contribution in [0.5, 0.6) is 0 Å². The van der Waals surface area contributed by atoms with E-state index in [-0.39, 0.29) is 16.1 Å². The van der Waals surface area contributed by atoms with Gasteiger partial charge in [0.05, 0.1) is 9.82 Å². The first-order valence-corrected chi connectivity index (χ1v) is 8.71. The zero-order valence-electron chi connectivity index (χ0n) is 13.3. The Hall–Kier alpha value is -2.78. The molecule has 2 rings (SSSR count). The van der Waals surface area contributed by atoms with E-state index in [0.717, 1.165) is 4.31 Å². The monoisotopic (exact) mass is 364 g/mol. The largest absolute Gasteiger partial charge is 0.480 e. The van der Waals surface area contributed by atoms with E-state index in [2.05, 4.69) is 0 Å². The highest BCUT2D eigenvalue weighted by Gasteiger charge is 2.34. The van der Waals surface area contributed by atoms with Crippen molar-refractivity contribution in [3.05, 3.63) is 70.3 Å². The van der Waals surface area contributed by atoms with Crippen molar-refractivity contribution in [3.63, 3.8) is 0 Å². The van der Waals surface area contributed by atoms with Crippen molar-refractivity contribution in [1.29, 1.82) is 0 Å². The normalized spacial score (nSPS) is 12.7. The third-order valence-corrected chi connectivity index (χ3v) is 5.58. The molecule has 0 saturated carbocycles. The van der Waals surface area contributed by atoms with E-state index in [1.807, 2.05) is 0 Å². The van der Waals surface area contributed by atoms with Gasteiger partial charge in [-0.05, 0) is 19.1 Å². The van der Waals surface area contributed by atoms with E-state index in [9.17, 15) is 28.4 Å². The Kier molecular flexibility index (Phi) is 5.50. The molecule has 0 fully saturated rings. The molecule has 0 amide bonds. The van der Waals surface area contributed by atoms with Crippen LogP contribution in [0, 0.1) is 10.1 Å². The molecule has 0 radical (unpaired) electrons. The van der Waals surface area contributed by atoms with E-state index in [0.29, 0.717) is 0 Å². The molecule has 0 aliphatic carbocycles. The van der Waals surface area contributed by atoms with E-state index in [4.69, 9.17) is 0 Å². The van der Waals surface area contributed by atoms with Gasteiger partial charge in [-0.25, -0.2) is 8.42 Å². The number of nitrogens with zero attached hydrogens (tertiary/aromatic N) is 2. The molecule has 8 nitrogen and oxygen atoms in total. The van der Waals surface area contributed by atoms with Gasteiger partial charge in [0.15, 0.2) is 0 Å². The highest BCUT2D eigenvalue weighted by Crippen LogP contribution is 2.25. The topological polar surface area (TPSA) is 118 Å². The summed E-state index contributed by atoms with van der Waals surface area (Å²) in [5.74, 6) is -1.35. The number of hydrogen-bond acceptors (Lipinski definition) is 5. The average Bonchev–Trinajstić information content (AvgIpc) is 2.59.